The number of aromatic nitrogens is 2. The van der Waals surface area contributed by atoms with Crippen molar-refractivity contribution in [1.29, 1.82) is 0 Å². The number of carbonyl (C=O) groups is 1. The van der Waals surface area contributed by atoms with Gasteiger partial charge >= 0.3 is 6.18 Å². The normalized spacial score (nSPS) is 17.8. The van der Waals surface area contributed by atoms with Crippen molar-refractivity contribution in [1.82, 2.24) is 14.7 Å². The zero-order valence-corrected chi connectivity index (χ0v) is 12.7. The monoisotopic (exact) mass is 339 g/mol. The molecule has 0 saturated carbocycles. The number of nitrogens with zero attached hydrogens (tertiary/aromatic N) is 3. The van der Waals surface area contributed by atoms with E-state index >= 15 is 0 Å². The lowest BCUT2D eigenvalue weighted by Crippen LogP contribution is -2.54. The molecule has 1 fully saturated rings. The van der Waals surface area contributed by atoms with E-state index in [9.17, 15) is 23.1 Å². The van der Waals surface area contributed by atoms with Crippen LogP contribution < -0.4 is 0 Å². The predicted molar refractivity (Wildman–Crippen MR) is 79.7 cm³/mol. The first-order valence-corrected chi connectivity index (χ1v) is 7.49. The Morgan fingerprint density at radius 2 is 1.92 bits per heavy atom. The van der Waals surface area contributed by atoms with Gasteiger partial charge in [-0.25, -0.2) is 4.68 Å². The number of hydrogen-bond acceptors (Lipinski definition) is 3. The van der Waals surface area contributed by atoms with Crippen LogP contribution in [0.25, 0.3) is 5.69 Å². The van der Waals surface area contributed by atoms with Crippen LogP contribution in [0.4, 0.5) is 13.2 Å². The molecule has 0 spiro atoms. The molecular weight excluding hydrogens is 323 g/mol. The molecule has 0 aliphatic carbocycles. The fourth-order valence-electron chi connectivity index (χ4n) is 2.75. The van der Waals surface area contributed by atoms with Gasteiger partial charge in [-0.2, -0.15) is 18.3 Å². The van der Waals surface area contributed by atoms with Gasteiger partial charge in [0.1, 0.15) is 0 Å². The summed E-state index contributed by atoms with van der Waals surface area (Å²) in [6.45, 7) is -0.276. The van der Waals surface area contributed by atoms with Crippen LogP contribution in [-0.4, -0.2) is 50.6 Å². The van der Waals surface area contributed by atoms with Gasteiger partial charge in [0, 0.05) is 43.9 Å². The van der Waals surface area contributed by atoms with E-state index in [2.05, 4.69) is 5.10 Å². The molecule has 5 nitrogen and oxygen atoms in total. The van der Waals surface area contributed by atoms with Crippen molar-refractivity contribution in [3.8, 4) is 5.69 Å². The zero-order chi connectivity index (χ0) is 17.4. The van der Waals surface area contributed by atoms with Crippen LogP contribution in [0.2, 0.25) is 0 Å². The summed E-state index contributed by atoms with van der Waals surface area (Å²) in [4.78, 5) is 13.9. The van der Waals surface area contributed by atoms with Crippen LogP contribution in [0, 0.1) is 0 Å². The van der Waals surface area contributed by atoms with E-state index in [-0.39, 0.29) is 19.0 Å². The first kappa shape index (κ1) is 16.5. The fraction of sp³-hybridized carbons (Fsp3) is 0.375. The van der Waals surface area contributed by atoms with Gasteiger partial charge in [-0.3, -0.25) is 4.79 Å². The van der Waals surface area contributed by atoms with E-state index in [1.165, 1.54) is 4.90 Å². The first-order valence-electron chi connectivity index (χ1n) is 7.49. The number of rotatable bonds is 2. The molecule has 0 radical (unpaired) electrons. The highest BCUT2D eigenvalue weighted by Gasteiger charge is 2.54. The lowest BCUT2D eigenvalue weighted by molar-refractivity contribution is -0.271. The van der Waals surface area contributed by atoms with E-state index in [0.29, 0.717) is 11.3 Å². The second-order valence-corrected chi connectivity index (χ2v) is 5.82. The topological polar surface area (TPSA) is 58.4 Å². The van der Waals surface area contributed by atoms with Crippen LogP contribution in [0.3, 0.4) is 0 Å². The first-order chi connectivity index (χ1) is 11.3. The molecule has 3 rings (SSSR count). The number of carbonyl (C=O) groups excluding carboxylic acids is 1. The van der Waals surface area contributed by atoms with Gasteiger partial charge in [0.15, 0.2) is 5.60 Å². The van der Waals surface area contributed by atoms with E-state index in [1.807, 2.05) is 0 Å². The van der Waals surface area contributed by atoms with Crippen molar-refractivity contribution in [2.45, 2.75) is 24.6 Å². The SMILES string of the molecule is O=C(c1cccc(-n2cccn2)c1)N1CCC(O)(C(F)(F)F)CC1. The van der Waals surface area contributed by atoms with Gasteiger partial charge < -0.3 is 10.0 Å². The van der Waals surface area contributed by atoms with Crippen molar-refractivity contribution < 1.29 is 23.1 Å². The highest BCUT2D eigenvalue weighted by Crippen LogP contribution is 2.38. The number of piperidine rings is 1. The molecule has 2 heterocycles. The largest absolute Gasteiger partial charge is 0.417 e. The van der Waals surface area contributed by atoms with E-state index in [1.54, 1.807) is 47.4 Å². The summed E-state index contributed by atoms with van der Waals surface area (Å²) in [7, 11) is 0. The number of likely N-dealkylation sites (tertiary alicyclic amines) is 1. The Kier molecular flexibility index (Phi) is 4.08. The van der Waals surface area contributed by atoms with Crippen LogP contribution in [0.15, 0.2) is 42.7 Å². The number of alkyl halides is 3. The third-order valence-corrected chi connectivity index (χ3v) is 4.27. The Morgan fingerprint density at radius 3 is 2.50 bits per heavy atom. The molecule has 1 saturated heterocycles. The average Bonchev–Trinajstić information content (AvgIpc) is 3.08. The minimum absolute atomic E-state index is 0.138. The van der Waals surface area contributed by atoms with E-state index in [0.717, 1.165) is 0 Å². The summed E-state index contributed by atoms with van der Waals surface area (Å²) in [5.41, 5.74) is -1.64. The van der Waals surface area contributed by atoms with Gasteiger partial charge in [0.25, 0.3) is 5.91 Å². The highest BCUT2D eigenvalue weighted by molar-refractivity contribution is 5.94. The predicted octanol–water partition coefficient (Wildman–Crippen LogP) is 2.40. The van der Waals surface area contributed by atoms with Crippen molar-refractivity contribution in [3.63, 3.8) is 0 Å². The molecule has 24 heavy (non-hydrogen) atoms. The van der Waals surface area contributed by atoms with Gasteiger partial charge in [-0.1, -0.05) is 6.07 Å². The van der Waals surface area contributed by atoms with Crippen LogP contribution in [0.5, 0.6) is 0 Å². The minimum Gasteiger partial charge on any atom is -0.380 e. The molecule has 1 N–H and O–H groups in total. The molecule has 1 aromatic heterocycles. The van der Waals surface area contributed by atoms with Gasteiger partial charge in [0.2, 0.25) is 0 Å². The van der Waals surface area contributed by atoms with Crippen LogP contribution in [-0.2, 0) is 0 Å². The van der Waals surface area contributed by atoms with E-state index in [4.69, 9.17) is 0 Å². The Morgan fingerprint density at radius 1 is 1.21 bits per heavy atom. The molecule has 0 unspecified atom stereocenters. The molecule has 1 amide bonds. The zero-order valence-electron chi connectivity index (χ0n) is 12.7. The summed E-state index contributed by atoms with van der Waals surface area (Å²) in [5, 5.41) is 13.8. The number of halogens is 3. The summed E-state index contributed by atoms with van der Waals surface area (Å²) in [6.07, 6.45) is -2.37. The summed E-state index contributed by atoms with van der Waals surface area (Å²) >= 11 is 0. The summed E-state index contributed by atoms with van der Waals surface area (Å²) in [6, 6.07) is 8.47. The van der Waals surface area contributed by atoms with Crippen molar-refractivity contribution in [3.05, 3.63) is 48.3 Å². The fourth-order valence-corrected chi connectivity index (χ4v) is 2.75. The standard InChI is InChI=1S/C16H16F3N3O2/c17-16(18,19)15(24)5-9-21(10-6-15)14(23)12-3-1-4-13(11-12)22-8-2-7-20-22/h1-4,7-8,11,24H,5-6,9-10H2. The van der Waals surface area contributed by atoms with Gasteiger partial charge in [-0.15, -0.1) is 0 Å². The summed E-state index contributed by atoms with van der Waals surface area (Å²) in [5.74, 6) is -0.353. The Hall–Kier alpha value is -2.35. The van der Waals surface area contributed by atoms with E-state index < -0.39 is 24.6 Å². The smallest absolute Gasteiger partial charge is 0.380 e. The second-order valence-electron chi connectivity index (χ2n) is 5.82. The molecule has 1 aliphatic heterocycles. The number of amides is 1. The molecule has 0 bridgehead atoms. The lowest BCUT2D eigenvalue weighted by atomic mass is 9.90. The average molecular weight is 339 g/mol. The van der Waals surface area contributed by atoms with Crippen molar-refractivity contribution in [2.24, 2.45) is 0 Å². The maximum absolute atomic E-state index is 12.8. The van der Waals surface area contributed by atoms with Crippen molar-refractivity contribution in [2.75, 3.05) is 13.1 Å². The third kappa shape index (κ3) is 3.01. The Labute approximate surface area is 136 Å². The third-order valence-electron chi connectivity index (χ3n) is 4.27. The molecule has 128 valence electrons. The van der Waals surface area contributed by atoms with Gasteiger partial charge in [0.05, 0.1) is 5.69 Å². The lowest BCUT2D eigenvalue weighted by Gasteiger charge is -2.39. The maximum Gasteiger partial charge on any atom is 0.417 e. The number of hydrogen-bond donors (Lipinski definition) is 1. The molecule has 8 heteroatoms. The molecule has 1 aliphatic rings. The van der Waals surface area contributed by atoms with Gasteiger partial charge in [-0.05, 0) is 24.3 Å². The maximum atomic E-state index is 12.8. The molecular formula is C16H16F3N3O2. The Balaban J connectivity index is 1.74. The molecule has 2 aromatic rings. The number of benzene rings is 1. The quantitative estimate of drug-likeness (QED) is 0.914. The second kappa shape index (κ2) is 5.94. The van der Waals surface area contributed by atoms with Crippen LogP contribution >= 0.6 is 0 Å². The summed E-state index contributed by atoms with van der Waals surface area (Å²) < 4.78 is 40.1. The number of aliphatic hydroxyl groups is 1. The van der Waals surface area contributed by atoms with Crippen LogP contribution in [0.1, 0.15) is 23.2 Å². The van der Waals surface area contributed by atoms with Crippen molar-refractivity contribution >= 4 is 5.91 Å². The Bertz CT molecular complexity index is 720. The minimum atomic E-state index is -4.68. The highest BCUT2D eigenvalue weighted by atomic mass is 19.4. The molecule has 0 atom stereocenters. The molecule has 1 aromatic carbocycles.